The summed E-state index contributed by atoms with van der Waals surface area (Å²) in [4.78, 5) is 62.9. The Balaban J connectivity index is 1.33. The predicted octanol–water partition coefficient (Wildman–Crippen LogP) is 4.86. The van der Waals surface area contributed by atoms with Gasteiger partial charge >= 0.3 is 23.9 Å². The summed E-state index contributed by atoms with van der Waals surface area (Å²) < 4.78 is 10.7. The summed E-state index contributed by atoms with van der Waals surface area (Å²) in [6, 6.07) is 21.2. The van der Waals surface area contributed by atoms with E-state index in [9.17, 15) is 39.3 Å². The molecule has 0 saturated carbocycles. The maximum Gasteiger partial charge on any atom is 0.341 e. The summed E-state index contributed by atoms with van der Waals surface area (Å²) >= 11 is 0. The Kier molecular flexibility index (Phi) is 10.8. The number of carboxylic acids is 3. The molecule has 1 heterocycles. The number of anilines is 2. The number of carbonyl (C=O) groups is 5. The van der Waals surface area contributed by atoms with Gasteiger partial charge in [-0.25, -0.2) is 9.59 Å². The van der Waals surface area contributed by atoms with E-state index in [0.29, 0.717) is 36.4 Å². The molecule has 0 aromatic heterocycles. The molecular weight excluding hydrogens is 646 g/mol. The molecule has 4 aromatic rings. The molecule has 5 rings (SSSR count). The third kappa shape index (κ3) is 8.48. The highest BCUT2D eigenvalue weighted by molar-refractivity contribution is 6.13. The number of carbonyl (C=O) groups excluding carboxylic acids is 2. The van der Waals surface area contributed by atoms with Crippen molar-refractivity contribution >= 4 is 51.9 Å². The van der Waals surface area contributed by atoms with Gasteiger partial charge in [-0.05, 0) is 59.0 Å². The van der Waals surface area contributed by atoms with E-state index in [0.717, 1.165) is 32.5 Å². The van der Waals surface area contributed by atoms with Crippen LogP contribution in [0.3, 0.4) is 0 Å². The van der Waals surface area contributed by atoms with Crippen molar-refractivity contribution in [2.24, 2.45) is 5.92 Å². The third-order valence-corrected chi connectivity index (χ3v) is 7.97. The number of rotatable bonds is 16. The molecule has 1 aliphatic rings. The number of carboxylic acid groups (broad SMARTS) is 3. The lowest BCUT2D eigenvalue weighted by molar-refractivity contribution is -0.140. The molecule has 13 nitrogen and oxygen atoms in total. The van der Waals surface area contributed by atoms with Gasteiger partial charge in [0.25, 0.3) is 5.91 Å². The first-order valence-electron chi connectivity index (χ1n) is 15.9. The van der Waals surface area contributed by atoms with Gasteiger partial charge < -0.3 is 39.9 Å². The third-order valence-electron chi connectivity index (χ3n) is 7.97. The zero-order valence-electron chi connectivity index (χ0n) is 27.5. The number of nitrogens with one attached hydrogen (secondary N) is 1. The lowest BCUT2D eigenvalue weighted by Crippen LogP contribution is -2.34. The van der Waals surface area contributed by atoms with Crippen LogP contribution in [0, 0.1) is 5.92 Å². The topological polar surface area (TPSA) is 183 Å². The standard InChI is InChI=1S/C37H37N3O10/c1-22(2)20-50-37(48)25-9-6-23(7-10-25)16-40-17-26-4-3-5-27-29(12-11-28(35(26)27)36(40)47)38-15-24-8-13-30(31(14-24)49-21-34(45)46)39(18-32(41)42)19-33(43)44/h3-14,22,38H,15-21H2,1-2H3,(H,41,42)(H,43,44)(H,45,46). The molecule has 13 heteroatoms. The summed E-state index contributed by atoms with van der Waals surface area (Å²) in [5.74, 6) is -4.02. The first kappa shape index (κ1) is 35.2. The average Bonchev–Trinajstić information content (AvgIpc) is 3.07. The Morgan fingerprint density at radius 3 is 2.24 bits per heavy atom. The minimum Gasteiger partial charge on any atom is -0.480 e. The molecule has 4 N–H and O–H groups in total. The second-order valence-electron chi connectivity index (χ2n) is 12.3. The van der Waals surface area contributed by atoms with Crippen LogP contribution in [0.15, 0.2) is 72.8 Å². The van der Waals surface area contributed by atoms with Gasteiger partial charge in [0.15, 0.2) is 6.61 Å². The van der Waals surface area contributed by atoms with Gasteiger partial charge in [-0.3, -0.25) is 14.4 Å². The van der Waals surface area contributed by atoms with Crippen molar-refractivity contribution in [3.8, 4) is 5.75 Å². The normalized spacial score (nSPS) is 12.1. The summed E-state index contributed by atoms with van der Waals surface area (Å²) in [6.07, 6.45) is 0. The number of ether oxygens (including phenoxy) is 2. The Hall–Kier alpha value is -6.11. The van der Waals surface area contributed by atoms with E-state index in [4.69, 9.17) is 9.47 Å². The second kappa shape index (κ2) is 15.4. The summed E-state index contributed by atoms with van der Waals surface area (Å²) in [6.45, 7) is 3.29. The van der Waals surface area contributed by atoms with Crippen molar-refractivity contribution in [1.82, 2.24) is 4.90 Å². The quantitative estimate of drug-likeness (QED) is 0.118. The van der Waals surface area contributed by atoms with Crippen molar-refractivity contribution in [2.75, 3.05) is 36.5 Å². The van der Waals surface area contributed by atoms with E-state index in [1.54, 1.807) is 29.2 Å². The van der Waals surface area contributed by atoms with Crippen molar-refractivity contribution in [3.05, 3.63) is 101 Å². The van der Waals surface area contributed by atoms with Gasteiger partial charge in [0, 0.05) is 41.7 Å². The number of hydrogen-bond acceptors (Lipinski definition) is 9. The molecular formula is C37H37N3O10. The van der Waals surface area contributed by atoms with Gasteiger partial charge in [-0.2, -0.15) is 0 Å². The van der Waals surface area contributed by atoms with Gasteiger partial charge in [-0.15, -0.1) is 0 Å². The number of amides is 1. The largest absolute Gasteiger partial charge is 0.480 e. The zero-order chi connectivity index (χ0) is 35.9. The number of esters is 1. The minimum absolute atomic E-state index is 0.0254. The highest BCUT2D eigenvalue weighted by Crippen LogP contribution is 2.36. The number of benzene rings is 4. The monoisotopic (exact) mass is 683 g/mol. The first-order valence-corrected chi connectivity index (χ1v) is 15.9. The van der Waals surface area contributed by atoms with Crippen LogP contribution in [-0.2, 0) is 38.8 Å². The molecule has 50 heavy (non-hydrogen) atoms. The van der Waals surface area contributed by atoms with Crippen molar-refractivity contribution in [3.63, 3.8) is 0 Å². The Labute approximate surface area is 287 Å². The van der Waals surface area contributed by atoms with Gasteiger partial charge in [0.2, 0.25) is 0 Å². The SMILES string of the molecule is CC(C)COC(=O)c1ccc(CN2Cc3cccc4c(NCc5ccc(N(CC(=O)O)CC(=O)O)c(OCC(=O)O)c5)ccc(c34)C2=O)cc1. The first-order chi connectivity index (χ1) is 23.9. The molecule has 260 valence electrons. The van der Waals surface area contributed by atoms with E-state index < -0.39 is 37.6 Å². The summed E-state index contributed by atoms with van der Waals surface area (Å²) in [7, 11) is 0. The maximum atomic E-state index is 13.7. The maximum absolute atomic E-state index is 13.7. The fourth-order valence-corrected chi connectivity index (χ4v) is 5.75. The van der Waals surface area contributed by atoms with Crippen LogP contribution in [0.2, 0.25) is 0 Å². The molecule has 0 bridgehead atoms. The Morgan fingerprint density at radius 2 is 1.58 bits per heavy atom. The molecule has 0 unspecified atom stereocenters. The zero-order valence-corrected chi connectivity index (χ0v) is 27.5. The molecule has 0 fully saturated rings. The highest BCUT2D eigenvalue weighted by atomic mass is 16.5. The Bertz CT molecular complexity index is 1920. The molecule has 0 aliphatic carbocycles. The molecule has 1 amide bonds. The number of nitrogens with zero attached hydrogens (tertiary/aromatic N) is 2. The van der Waals surface area contributed by atoms with E-state index in [2.05, 4.69) is 5.32 Å². The van der Waals surface area contributed by atoms with E-state index in [-0.39, 0.29) is 35.8 Å². The second-order valence-corrected chi connectivity index (χ2v) is 12.3. The molecule has 0 radical (unpaired) electrons. The van der Waals surface area contributed by atoms with E-state index in [1.165, 1.54) is 12.1 Å². The lowest BCUT2D eigenvalue weighted by atomic mass is 9.93. The van der Waals surface area contributed by atoms with Gasteiger partial charge in [-0.1, -0.05) is 50.2 Å². The van der Waals surface area contributed by atoms with Crippen molar-refractivity contribution in [1.29, 1.82) is 0 Å². The van der Waals surface area contributed by atoms with Crippen LogP contribution in [0.5, 0.6) is 5.75 Å². The van der Waals surface area contributed by atoms with Crippen molar-refractivity contribution in [2.45, 2.75) is 33.5 Å². The van der Waals surface area contributed by atoms with Gasteiger partial charge in [0.05, 0.1) is 17.9 Å². The smallest absolute Gasteiger partial charge is 0.341 e. The number of hydrogen-bond donors (Lipinski definition) is 4. The van der Waals surface area contributed by atoms with Gasteiger partial charge in [0.1, 0.15) is 18.8 Å². The molecule has 4 aromatic carbocycles. The van der Waals surface area contributed by atoms with Crippen LogP contribution in [0.1, 0.15) is 51.3 Å². The van der Waals surface area contributed by atoms with Crippen LogP contribution in [-0.4, -0.2) is 76.3 Å². The summed E-state index contributed by atoms with van der Waals surface area (Å²) in [5.41, 5.74) is 4.40. The van der Waals surface area contributed by atoms with E-state index in [1.807, 2.05) is 50.2 Å². The lowest BCUT2D eigenvalue weighted by Gasteiger charge is -2.30. The van der Waals surface area contributed by atoms with Crippen LogP contribution in [0.25, 0.3) is 10.8 Å². The fraction of sp³-hybridized carbons (Fsp3) is 0.270. The molecule has 0 saturated heterocycles. The van der Waals surface area contributed by atoms with Crippen LogP contribution >= 0.6 is 0 Å². The molecule has 0 atom stereocenters. The number of aliphatic carboxylic acids is 3. The minimum atomic E-state index is -1.26. The summed E-state index contributed by atoms with van der Waals surface area (Å²) in [5, 5.41) is 32.8. The molecule has 1 aliphatic heterocycles. The fourth-order valence-electron chi connectivity index (χ4n) is 5.75. The predicted molar refractivity (Wildman–Crippen MR) is 183 cm³/mol. The van der Waals surface area contributed by atoms with E-state index >= 15 is 0 Å². The van der Waals surface area contributed by atoms with Crippen LogP contribution in [0.4, 0.5) is 11.4 Å². The van der Waals surface area contributed by atoms with Crippen LogP contribution < -0.4 is 15.0 Å². The molecule has 0 spiro atoms. The highest BCUT2D eigenvalue weighted by Gasteiger charge is 2.27. The Morgan fingerprint density at radius 1 is 0.880 bits per heavy atom. The van der Waals surface area contributed by atoms with Crippen molar-refractivity contribution < 1.29 is 48.8 Å². The average molecular weight is 684 g/mol.